The normalized spacial score (nSPS) is 12.9. The van der Waals surface area contributed by atoms with Crippen LogP contribution in [0.2, 0.25) is 5.02 Å². The Kier molecular flexibility index (Phi) is 5.16. The van der Waals surface area contributed by atoms with Gasteiger partial charge in [-0.2, -0.15) is 0 Å². The molecule has 5 nitrogen and oxygen atoms in total. The minimum atomic E-state index is -3.69. The van der Waals surface area contributed by atoms with Crippen molar-refractivity contribution in [3.63, 3.8) is 0 Å². The van der Waals surface area contributed by atoms with Crippen LogP contribution in [0.15, 0.2) is 53.7 Å². The van der Waals surface area contributed by atoms with Crippen LogP contribution < -0.4 is 0 Å². The van der Waals surface area contributed by atoms with Gasteiger partial charge in [0.1, 0.15) is 0 Å². The molecule has 0 unspecified atom stereocenters. The maximum atomic E-state index is 13.2. The number of rotatable bonds is 5. The first-order valence-corrected chi connectivity index (χ1v) is 10.3. The van der Waals surface area contributed by atoms with Gasteiger partial charge in [0.2, 0.25) is 9.84 Å². The highest BCUT2D eigenvalue weighted by atomic mass is 35.5. The van der Waals surface area contributed by atoms with E-state index in [2.05, 4.69) is 10.2 Å². The second-order valence-electron chi connectivity index (χ2n) is 6.16. The lowest BCUT2D eigenvalue weighted by molar-refractivity contribution is 0.559. The third-order valence-electron chi connectivity index (χ3n) is 4.35. The number of halogens is 1. The molecule has 136 valence electrons. The molecule has 2 aromatic carbocycles. The van der Waals surface area contributed by atoms with Crippen molar-refractivity contribution in [2.75, 3.05) is 0 Å². The molecule has 0 radical (unpaired) electrons. The van der Waals surface area contributed by atoms with E-state index in [1.54, 1.807) is 29.7 Å². The second-order valence-corrected chi connectivity index (χ2v) is 8.76. The van der Waals surface area contributed by atoms with Crippen molar-refractivity contribution in [3.8, 4) is 11.4 Å². The van der Waals surface area contributed by atoms with E-state index < -0.39 is 15.1 Å². The average Bonchev–Trinajstić information content (AvgIpc) is 3.06. The monoisotopic (exact) mass is 389 g/mol. The van der Waals surface area contributed by atoms with E-state index in [4.69, 9.17) is 11.6 Å². The first-order chi connectivity index (χ1) is 12.3. The summed E-state index contributed by atoms with van der Waals surface area (Å²) in [6.45, 7) is 5.92. The fourth-order valence-corrected chi connectivity index (χ4v) is 4.57. The quantitative estimate of drug-likeness (QED) is 0.646. The fourth-order valence-electron chi connectivity index (χ4n) is 2.89. The molecule has 0 aliphatic rings. The Hall–Kier alpha value is -2.18. The molecule has 0 spiro atoms. The van der Waals surface area contributed by atoms with Crippen molar-refractivity contribution in [2.24, 2.45) is 0 Å². The summed E-state index contributed by atoms with van der Waals surface area (Å²) in [5.41, 5.74) is 2.48. The van der Waals surface area contributed by atoms with E-state index in [1.165, 1.54) is 0 Å². The molecule has 1 aromatic heterocycles. The summed E-state index contributed by atoms with van der Waals surface area (Å²) in [6.07, 6.45) is 0. The lowest BCUT2D eigenvalue weighted by Crippen LogP contribution is -2.17. The highest BCUT2D eigenvalue weighted by Gasteiger charge is 2.31. The number of benzene rings is 2. The number of aryl methyl sites for hydroxylation is 1. The van der Waals surface area contributed by atoms with Crippen LogP contribution in [0.3, 0.4) is 0 Å². The summed E-state index contributed by atoms with van der Waals surface area (Å²) in [6, 6.07) is 14.6. The smallest absolute Gasteiger partial charge is 0.250 e. The van der Waals surface area contributed by atoms with Crippen molar-refractivity contribution in [1.82, 2.24) is 14.8 Å². The predicted octanol–water partition coefficient (Wildman–Crippen LogP) is 4.46. The summed E-state index contributed by atoms with van der Waals surface area (Å²) < 4.78 is 28.0. The SMILES string of the molecule is CCn1c(-c2cccc(Cl)c2)nnc1S(=O)(=O)[C@@H](C)c1cccc(C)c1. The van der Waals surface area contributed by atoms with Crippen LogP contribution in [-0.2, 0) is 16.4 Å². The van der Waals surface area contributed by atoms with Gasteiger partial charge in [-0.05, 0) is 38.5 Å². The summed E-state index contributed by atoms with van der Waals surface area (Å²) in [5.74, 6) is 0.491. The molecule has 7 heteroatoms. The van der Waals surface area contributed by atoms with Crippen LogP contribution in [0.25, 0.3) is 11.4 Å². The molecule has 0 N–H and O–H groups in total. The molecule has 0 aliphatic carbocycles. The first kappa shape index (κ1) is 18.6. The van der Waals surface area contributed by atoms with Gasteiger partial charge in [0.25, 0.3) is 5.16 Å². The highest BCUT2D eigenvalue weighted by Crippen LogP contribution is 2.30. The lowest BCUT2D eigenvalue weighted by atomic mass is 10.1. The van der Waals surface area contributed by atoms with E-state index in [0.717, 1.165) is 16.7 Å². The van der Waals surface area contributed by atoms with Gasteiger partial charge in [-0.1, -0.05) is 53.6 Å². The van der Waals surface area contributed by atoms with Crippen molar-refractivity contribution >= 4 is 21.4 Å². The number of hydrogen-bond donors (Lipinski definition) is 0. The minimum Gasteiger partial charge on any atom is -0.298 e. The largest absolute Gasteiger partial charge is 0.298 e. The third-order valence-corrected chi connectivity index (χ3v) is 6.60. The van der Waals surface area contributed by atoms with E-state index in [1.807, 2.05) is 44.2 Å². The highest BCUT2D eigenvalue weighted by molar-refractivity contribution is 7.91. The van der Waals surface area contributed by atoms with Crippen LogP contribution in [0.1, 0.15) is 30.2 Å². The zero-order valence-electron chi connectivity index (χ0n) is 14.8. The Morgan fingerprint density at radius 1 is 1.12 bits per heavy atom. The maximum Gasteiger partial charge on any atom is 0.250 e. The van der Waals surface area contributed by atoms with Crippen LogP contribution in [0.5, 0.6) is 0 Å². The zero-order valence-corrected chi connectivity index (χ0v) is 16.4. The van der Waals surface area contributed by atoms with Crippen molar-refractivity contribution in [2.45, 2.75) is 37.7 Å². The van der Waals surface area contributed by atoms with Gasteiger partial charge < -0.3 is 0 Å². The molecule has 0 aliphatic heterocycles. The average molecular weight is 390 g/mol. The van der Waals surface area contributed by atoms with Gasteiger partial charge in [-0.3, -0.25) is 4.57 Å². The Morgan fingerprint density at radius 2 is 1.85 bits per heavy atom. The topological polar surface area (TPSA) is 64.8 Å². The molecule has 1 heterocycles. The summed E-state index contributed by atoms with van der Waals surface area (Å²) in [4.78, 5) is 0. The summed E-state index contributed by atoms with van der Waals surface area (Å²) in [5, 5.41) is 7.97. The molecular formula is C19H20ClN3O2S. The van der Waals surface area contributed by atoms with E-state index in [0.29, 0.717) is 17.4 Å². The fraction of sp³-hybridized carbons (Fsp3) is 0.263. The summed E-state index contributed by atoms with van der Waals surface area (Å²) >= 11 is 6.06. The molecule has 0 fully saturated rings. The molecule has 0 saturated carbocycles. The minimum absolute atomic E-state index is 0.0241. The Labute approximate surface area is 158 Å². The van der Waals surface area contributed by atoms with E-state index in [-0.39, 0.29) is 5.16 Å². The second kappa shape index (κ2) is 7.21. The summed E-state index contributed by atoms with van der Waals surface area (Å²) in [7, 11) is -3.69. The molecular weight excluding hydrogens is 370 g/mol. The van der Waals surface area contributed by atoms with Crippen molar-refractivity contribution in [1.29, 1.82) is 0 Å². The van der Waals surface area contributed by atoms with Gasteiger partial charge in [-0.25, -0.2) is 8.42 Å². The predicted molar refractivity (Wildman–Crippen MR) is 103 cm³/mol. The van der Waals surface area contributed by atoms with Gasteiger partial charge in [0, 0.05) is 17.1 Å². The molecule has 0 saturated heterocycles. The van der Waals surface area contributed by atoms with E-state index >= 15 is 0 Å². The number of sulfone groups is 1. The number of aromatic nitrogens is 3. The van der Waals surface area contributed by atoms with Gasteiger partial charge in [0.15, 0.2) is 5.82 Å². The molecule has 3 rings (SSSR count). The maximum absolute atomic E-state index is 13.2. The van der Waals surface area contributed by atoms with Crippen molar-refractivity contribution < 1.29 is 8.42 Å². The Balaban J connectivity index is 2.09. The zero-order chi connectivity index (χ0) is 18.9. The standard InChI is InChI=1S/C19H20ClN3O2S/c1-4-23-18(16-9-6-10-17(20)12-16)21-22-19(23)26(24,25)14(3)15-8-5-7-13(2)11-15/h5-12,14H,4H2,1-3H3/t14-/m0/s1. The number of hydrogen-bond acceptors (Lipinski definition) is 4. The Morgan fingerprint density at radius 3 is 2.50 bits per heavy atom. The van der Waals surface area contributed by atoms with E-state index in [9.17, 15) is 8.42 Å². The van der Waals surface area contributed by atoms with Crippen LogP contribution >= 0.6 is 11.6 Å². The third kappa shape index (κ3) is 3.39. The van der Waals surface area contributed by atoms with Gasteiger partial charge >= 0.3 is 0 Å². The lowest BCUT2D eigenvalue weighted by Gasteiger charge is -2.14. The Bertz CT molecular complexity index is 1040. The van der Waals surface area contributed by atoms with Crippen LogP contribution in [0.4, 0.5) is 0 Å². The molecule has 1 atom stereocenters. The first-order valence-electron chi connectivity index (χ1n) is 8.34. The molecule has 3 aromatic rings. The van der Waals surface area contributed by atoms with Crippen LogP contribution in [0, 0.1) is 6.92 Å². The molecule has 0 bridgehead atoms. The molecule has 0 amide bonds. The van der Waals surface area contributed by atoms with Gasteiger partial charge in [0.05, 0.1) is 5.25 Å². The van der Waals surface area contributed by atoms with Gasteiger partial charge in [-0.15, -0.1) is 10.2 Å². The molecule has 26 heavy (non-hydrogen) atoms. The number of nitrogens with zero attached hydrogens (tertiary/aromatic N) is 3. The van der Waals surface area contributed by atoms with Crippen molar-refractivity contribution in [3.05, 3.63) is 64.7 Å². The van der Waals surface area contributed by atoms with Crippen LogP contribution in [-0.4, -0.2) is 23.2 Å².